The minimum Gasteiger partial charge on any atom is -0.323 e. The van der Waals surface area contributed by atoms with Crippen LogP contribution in [-0.4, -0.2) is 34.6 Å². The van der Waals surface area contributed by atoms with Crippen LogP contribution < -0.4 is 5.32 Å². The lowest BCUT2D eigenvalue weighted by Crippen LogP contribution is -2.51. The van der Waals surface area contributed by atoms with E-state index in [1.165, 1.54) is 0 Å². The van der Waals surface area contributed by atoms with Gasteiger partial charge in [-0.05, 0) is 37.8 Å². The van der Waals surface area contributed by atoms with Crippen LogP contribution in [0.3, 0.4) is 0 Å². The number of halogens is 1. The predicted octanol–water partition coefficient (Wildman–Crippen LogP) is 4.27. The summed E-state index contributed by atoms with van der Waals surface area (Å²) in [5.41, 5.74) is 1.18. The Kier molecular flexibility index (Phi) is 5.18. The first-order valence-corrected chi connectivity index (χ1v) is 9.98. The fourth-order valence-corrected chi connectivity index (χ4v) is 4.21. The molecule has 1 N–H and O–H groups in total. The van der Waals surface area contributed by atoms with Gasteiger partial charge >= 0.3 is 0 Å². The van der Waals surface area contributed by atoms with Crippen molar-refractivity contribution >= 4 is 34.8 Å². The summed E-state index contributed by atoms with van der Waals surface area (Å²) in [4.78, 5) is 32.5. The summed E-state index contributed by atoms with van der Waals surface area (Å²) in [6, 6.07) is 16.6. The van der Waals surface area contributed by atoms with Crippen LogP contribution in [0, 0.1) is 0 Å². The second-order valence-electron chi connectivity index (χ2n) is 7.29. The van der Waals surface area contributed by atoms with Crippen molar-refractivity contribution in [2.75, 3.05) is 11.9 Å². The van der Waals surface area contributed by atoms with Gasteiger partial charge in [-0.15, -0.1) is 0 Å². The Hall–Kier alpha value is -2.66. The zero-order valence-corrected chi connectivity index (χ0v) is 16.3. The molecule has 1 saturated carbocycles. The SMILES string of the molecule is O=C(CN1C(=O)C(c2ccccc2)=NC12CCCCC2)Nc1ccccc1Cl. The molecule has 2 aromatic rings. The third-order valence-corrected chi connectivity index (χ3v) is 5.75. The molecule has 2 amide bonds. The van der Waals surface area contributed by atoms with E-state index >= 15 is 0 Å². The number of rotatable bonds is 4. The quantitative estimate of drug-likeness (QED) is 0.840. The van der Waals surface area contributed by atoms with Gasteiger partial charge in [-0.25, -0.2) is 0 Å². The van der Waals surface area contributed by atoms with E-state index in [1.54, 1.807) is 23.1 Å². The minimum atomic E-state index is -0.613. The lowest BCUT2D eigenvalue weighted by molar-refractivity contribution is -0.134. The van der Waals surface area contributed by atoms with Crippen LogP contribution in [0.4, 0.5) is 5.69 Å². The van der Waals surface area contributed by atoms with Gasteiger partial charge in [-0.3, -0.25) is 14.6 Å². The molecule has 4 rings (SSSR count). The van der Waals surface area contributed by atoms with Crippen molar-refractivity contribution in [3.63, 3.8) is 0 Å². The molecule has 2 aromatic carbocycles. The normalized spacial score (nSPS) is 18.2. The van der Waals surface area contributed by atoms with E-state index in [1.807, 2.05) is 36.4 Å². The molecule has 1 aliphatic carbocycles. The van der Waals surface area contributed by atoms with E-state index in [0.29, 0.717) is 16.4 Å². The lowest BCUT2D eigenvalue weighted by atomic mass is 9.88. The molecular weight excluding hydrogens is 374 g/mol. The number of carbonyl (C=O) groups excluding carboxylic acids is 2. The standard InChI is InChI=1S/C22H22ClN3O2/c23-17-11-5-6-12-18(17)24-19(27)15-26-21(28)20(16-9-3-1-4-10-16)25-22(26)13-7-2-8-14-22/h1,3-6,9-12H,2,7-8,13-15H2,(H,24,27). The van der Waals surface area contributed by atoms with Gasteiger partial charge in [0.25, 0.3) is 5.91 Å². The number of benzene rings is 2. The fraction of sp³-hybridized carbons (Fsp3) is 0.318. The van der Waals surface area contributed by atoms with E-state index < -0.39 is 5.66 Å². The van der Waals surface area contributed by atoms with Crippen molar-refractivity contribution in [2.24, 2.45) is 4.99 Å². The highest BCUT2D eigenvalue weighted by atomic mass is 35.5. The molecule has 0 radical (unpaired) electrons. The summed E-state index contributed by atoms with van der Waals surface area (Å²) < 4.78 is 0. The Morgan fingerprint density at radius 3 is 2.43 bits per heavy atom. The number of aliphatic imine (C=N–C) groups is 1. The smallest absolute Gasteiger partial charge is 0.275 e. The number of nitrogens with zero attached hydrogens (tertiary/aromatic N) is 2. The molecule has 0 bridgehead atoms. The van der Waals surface area contributed by atoms with Gasteiger partial charge in [-0.2, -0.15) is 0 Å². The summed E-state index contributed by atoms with van der Waals surface area (Å²) in [6.07, 6.45) is 4.71. The van der Waals surface area contributed by atoms with Crippen LogP contribution in [0.1, 0.15) is 37.7 Å². The molecule has 5 nitrogen and oxygen atoms in total. The van der Waals surface area contributed by atoms with E-state index in [9.17, 15) is 9.59 Å². The summed E-state index contributed by atoms with van der Waals surface area (Å²) >= 11 is 6.14. The van der Waals surface area contributed by atoms with Crippen molar-refractivity contribution in [1.82, 2.24) is 4.90 Å². The third-order valence-electron chi connectivity index (χ3n) is 5.42. The van der Waals surface area contributed by atoms with Crippen molar-refractivity contribution in [3.8, 4) is 0 Å². The molecule has 2 aliphatic rings. The molecule has 0 atom stereocenters. The fourth-order valence-electron chi connectivity index (χ4n) is 4.03. The van der Waals surface area contributed by atoms with Crippen molar-refractivity contribution in [2.45, 2.75) is 37.8 Å². The topological polar surface area (TPSA) is 61.8 Å². The zero-order valence-electron chi connectivity index (χ0n) is 15.5. The second kappa shape index (κ2) is 7.76. The summed E-state index contributed by atoms with van der Waals surface area (Å²) in [5, 5.41) is 3.29. The molecule has 0 aromatic heterocycles. The monoisotopic (exact) mass is 395 g/mol. The second-order valence-corrected chi connectivity index (χ2v) is 7.70. The van der Waals surface area contributed by atoms with Gasteiger partial charge < -0.3 is 10.2 Å². The maximum atomic E-state index is 13.2. The number of hydrogen-bond donors (Lipinski definition) is 1. The van der Waals surface area contributed by atoms with Crippen molar-refractivity contribution in [1.29, 1.82) is 0 Å². The largest absolute Gasteiger partial charge is 0.323 e. The van der Waals surface area contributed by atoms with E-state index in [0.717, 1.165) is 37.7 Å². The Labute approximate surface area is 169 Å². The number of carbonyl (C=O) groups is 2. The van der Waals surface area contributed by atoms with Gasteiger partial charge in [-0.1, -0.05) is 60.5 Å². The molecule has 6 heteroatoms. The zero-order chi connectivity index (χ0) is 19.6. The first-order valence-electron chi connectivity index (χ1n) is 9.61. The molecule has 144 valence electrons. The molecule has 1 heterocycles. The molecule has 1 aliphatic heterocycles. The maximum Gasteiger partial charge on any atom is 0.275 e. The average molecular weight is 396 g/mol. The van der Waals surface area contributed by atoms with Crippen molar-refractivity contribution < 1.29 is 9.59 Å². The first kappa shape index (κ1) is 18.7. The van der Waals surface area contributed by atoms with Crippen LogP contribution in [0.2, 0.25) is 5.02 Å². The van der Waals surface area contributed by atoms with E-state index in [-0.39, 0.29) is 18.4 Å². The highest BCUT2D eigenvalue weighted by Crippen LogP contribution is 2.39. The molecule has 0 unspecified atom stereocenters. The van der Waals surface area contributed by atoms with E-state index in [2.05, 4.69) is 5.32 Å². The number of amides is 2. The Morgan fingerprint density at radius 2 is 1.71 bits per heavy atom. The van der Waals surface area contributed by atoms with Gasteiger partial charge in [0.1, 0.15) is 17.9 Å². The number of para-hydroxylation sites is 1. The van der Waals surface area contributed by atoms with Crippen LogP contribution in [-0.2, 0) is 9.59 Å². The van der Waals surface area contributed by atoms with Gasteiger partial charge in [0.15, 0.2) is 0 Å². The Morgan fingerprint density at radius 1 is 1.04 bits per heavy atom. The van der Waals surface area contributed by atoms with Gasteiger partial charge in [0.2, 0.25) is 5.91 Å². The third kappa shape index (κ3) is 3.54. The lowest BCUT2D eigenvalue weighted by Gasteiger charge is -2.38. The minimum absolute atomic E-state index is 0.0378. The molecule has 1 spiro atoms. The van der Waals surface area contributed by atoms with Crippen molar-refractivity contribution in [3.05, 3.63) is 65.2 Å². The first-order chi connectivity index (χ1) is 13.6. The highest BCUT2D eigenvalue weighted by molar-refractivity contribution is 6.47. The van der Waals surface area contributed by atoms with Gasteiger partial charge in [0, 0.05) is 5.56 Å². The summed E-state index contributed by atoms with van der Waals surface area (Å²) in [7, 11) is 0. The number of nitrogens with one attached hydrogen (secondary N) is 1. The van der Waals surface area contributed by atoms with Crippen LogP contribution in [0.15, 0.2) is 59.6 Å². The average Bonchev–Trinajstić information content (AvgIpc) is 2.97. The Balaban J connectivity index is 1.59. The number of hydrogen-bond acceptors (Lipinski definition) is 3. The van der Waals surface area contributed by atoms with Gasteiger partial charge in [0.05, 0.1) is 10.7 Å². The summed E-state index contributed by atoms with van der Waals surface area (Å²) in [6.45, 7) is -0.0378. The summed E-state index contributed by atoms with van der Waals surface area (Å²) in [5.74, 6) is -0.446. The number of anilines is 1. The highest BCUT2D eigenvalue weighted by Gasteiger charge is 2.48. The van der Waals surface area contributed by atoms with E-state index in [4.69, 9.17) is 16.6 Å². The Bertz CT molecular complexity index is 920. The maximum absolute atomic E-state index is 13.2. The predicted molar refractivity (Wildman–Crippen MR) is 111 cm³/mol. The van der Waals surface area contributed by atoms with Crippen LogP contribution in [0.25, 0.3) is 0 Å². The van der Waals surface area contributed by atoms with Crippen LogP contribution >= 0.6 is 11.6 Å². The molecular formula is C22H22ClN3O2. The molecule has 1 fully saturated rings. The molecule has 0 saturated heterocycles. The molecule has 28 heavy (non-hydrogen) atoms. The van der Waals surface area contributed by atoms with Crippen LogP contribution in [0.5, 0.6) is 0 Å².